The molecule has 0 radical (unpaired) electrons. The van der Waals surface area contributed by atoms with Crippen LogP contribution in [0.5, 0.6) is 0 Å². The summed E-state index contributed by atoms with van der Waals surface area (Å²) in [4.78, 5) is 5.23. The van der Waals surface area contributed by atoms with E-state index >= 15 is 0 Å². The van der Waals surface area contributed by atoms with Gasteiger partial charge in [-0.05, 0) is 37.3 Å². The molecule has 1 aromatic heterocycles. The predicted octanol–water partition coefficient (Wildman–Crippen LogP) is 2.52. The van der Waals surface area contributed by atoms with Crippen LogP contribution in [0, 0.1) is 6.92 Å². The third-order valence-corrected chi connectivity index (χ3v) is 5.99. The zero-order valence-corrected chi connectivity index (χ0v) is 14.6. The first-order valence-electron chi connectivity index (χ1n) is 8.60. The van der Waals surface area contributed by atoms with E-state index in [0.29, 0.717) is 0 Å². The summed E-state index contributed by atoms with van der Waals surface area (Å²) in [5.41, 5.74) is 3.13. The molecular weight excluding hydrogens is 304 g/mol. The molecule has 1 aliphatic carbocycles. The Morgan fingerprint density at radius 1 is 1.09 bits per heavy atom. The number of nitrogens with zero attached hydrogens (tertiary/aromatic N) is 4. The van der Waals surface area contributed by atoms with Gasteiger partial charge in [-0.15, -0.1) is 21.5 Å². The summed E-state index contributed by atoms with van der Waals surface area (Å²) < 4.78 is 0. The molecule has 4 rings (SSSR count). The van der Waals surface area contributed by atoms with Gasteiger partial charge in [0.25, 0.3) is 0 Å². The quantitative estimate of drug-likeness (QED) is 0.867. The summed E-state index contributed by atoms with van der Waals surface area (Å²) in [6.45, 7) is 7.66. The molecule has 5 heteroatoms. The molecule has 1 saturated heterocycles. The Hall–Kier alpha value is -1.30. The van der Waals surface area contributed by atoms with E-state index in [4.69, 9.17) is 0 Å². The summed E-state index contributed by atoms with van der Waals surface area (Å²) >= 11 is 1.73. The van der Waals surface area contributed by atoms with Crippen LogP contribution in [0.1, 0.15) is 27.6 Å². The standard InChI is InChI=1S/C18H24N4S/c1-14-19-20-18(23-14)13-21-8-10-22(11-9-21)17-7-6-15-4-2-3-5-16(15)12-17/h2-5,17H,6-13H2,1H3. The first-order chi connectivity index (χ1) is 11.3. The van der Waals surface area contributed by atoms with Crippen LogP contribution in [0.15, 0.2) is 24.3 Å². The van der Waals surface area contributed by atoms with Crippen LogP contribution >= 0.6 is 11.3 Å². The van der Waals surface area contributed by atoms with Gasteiger partial charge in [-0.1, -0.05) is 24.3 Å². The molecule has 122 valence electrons. The maximum atomic E-state index is 4.26. The average Bonchev–Trinajstić information content (AvgIpc) is 3.00. The van der Waals surface area contributed by atoms with Crippen LogP contribution in [-0.2, 0) is 19.4 Å². The second kappa shape index (κ2) is 6.67. The van der Waals surface area contributed by atoms with Crippen LogP contribution in [0.2, 0.25) is 0 Å². The minimum atomic E-state index is 0.732. The maximum Gasteiger partial charge on any atom is 0.131 e. The van der Waals surface area contributed by atoms with Crippen molar-refractivity contribution in [3.05, 3.63) is 45.4 Å². The topological polar surface area (TPSA) is 32.3 Å². The Bertz CT molecular complexity index is 661. The molecule has 1 aromatic carbocycles. The third kappa shape index (κ3) is 3.47. The molecule has 0 saturated carbocycles. The van der Waals surface area contributed by atoms with Gasteiger partial charge in [-0.25, -0.2) is 0 Å². The molecule has 23 heavy (non-hydrogen) atoms. The monoisotopic (exact) mass is 328 g/mol. The van der Waals surface area contributed by atoms with Crippen LogP contribution in [0.3, 0.4) is 0 Å². The van der Waals surface area contributed by atoms with Crippen molar-refractivity contribution in [2.75, 3.05) is 26.2 Å². The van der Waals surface area contributed by atoms with Crippen molar-refractivity contribution >= 4 is 11.3 Å². The fourth-order valence-corrected chi connectivity index (χ4v) is 4.62. The zero-order chi connectivity index (χ0) is 15.6. The molecule has 1 aliphatic heterocycles. The molecule has 1 fully saturated rings. The predicted molar refractivity (Wildman–Crippen MR) is 93.8 cm³/mol. The Balaban J connectivity index is 1.32. The molecule has 0 spiro atoms. The summed E-state index contributed by atoms with van der Waals surface area (Å²) in [5, 5.41) is 10.6. The van der Waals surface area contributed by atoms with E-state index in [0.717, 1.165) is 35.7 Å². The number of piperazine rings is 1. The van der Waals surface area contributed by atoms with Crippen molar-refractivity contribution in [1.29, 1.82) is 0 Å². The highest BCUT2D eigenvalue weighted by molar-refractivity contribution is 7.11. The Labute approximate surface area is 142 Å². The summed E-state index contributed by atoms with van der Waals surface area (Å²) in [5.74, 6) is 0. The third-order valence-electron chi connectivity index (χ3n) is 5.17. The molecule has 2 aromatic rings. The molecule has 0 bridgehead atoms. The van der Waals surface area contributed by atoms with E-state index < -0.39 is 0 Å². The number of hydrogen-bond donors (Lipinski definition) is 0. The first-order valence-corrected chi connectivity index (χ1v) is 9.42. The molecule has 2 heterocycles. The van der Waals surface area contributed by atoms with Gasteiger partial charge >= 0.3 is 0 Å². The molecular formula is C18H24N4S. The van der Waals surface area contributed by atoms with E-state index in [2.05, 4.69) is 44.3 Å². The van der Waals surface area contributed by atoms with Gasteiger partial charge in [0.2, 0.25) is 0 Å². The Kier molecular flexibility index (Phi) is 4.42. The van der Waals surface area contributed by atoms with Gasteiger partial charge in [-0.3, -0.25) is 9.80 Å². The van der Waals surface area contributed by atoms with Gasteiger partial charge in [0, 0.05) is 32.2 Å². The Morgan fingerprint density at radius 2 is 1.87 bits per heavy atom. The van der Waals surface area contributed by atoms with Crippen LogP contribution < -0.4 is 0 Å². The number of hydrogen-bond acceptors (Lipinski definition) is 5. The average molecular weight is 328 g/mol. The molecule has 0 amide bonds. The van der Waals surface area contributed by atoms with Gasteiger partial charge in [0.1, 0.15) is 10.0 Å². The zero-order valence-electron chi connectivity index (χ0n) is 13.7. The molecule has 4 nitrogen and oxygen atoms in total. The van der Waals surface area contributed by atoms with Crippen molar-refractivity contribution in [1.82, 2.24) is 20.0 Å². The largest absolute Gasteiger partial charge is 0.298 e. The number of rotatable bonds is 3. The lowest BCUT2D eigenvalue weighted by Gasteiger charge is -2.40. The highest BCUT2D eigenvalue weighted by Crippen LogP contribution is 2.25. The van der Waals surface area contributed by atoms with E-state index in [9.17, 15) is 0 Å². The summed E-state index contributed by atoms with van der Waals surface area (Å²) in [6, 6.07) is 9.70. The lowest BCUT2D eigenvalue weighted by molar-refractivity contribution is 0.0855. The molecule has 1 unspecified atom stereocenters. The Morgan fingerprint density at radius 3 is 2.61 bits per heavy atom. The number of aryl methyl sites for hydroxylation is 2. The van der Waals surface area contributed by atoms with Crippen molar-refractivity contribution in [3.8, 4) is 0 Å². The lowest BCUT2D eigenvalue weighted by Crippen LogP contribution is -2.51. The second-order valence-electron chi connectivity index (χ2n) is 6.69. The fourth-order valence-electron chi connectivity index (χ4n) is 3.87. The van der Waals surface area contributed by atoms with E-state index in [1.165, 1.54) is 32.4 Å². The fraction of sp³-hybridized carbons (Fsp3) is 0.556. The molecule has 2 aliphatic rings. The van der Waals surface area contributed by atoms with Gasteiger partial charge in [0.05, 0.1) is 6.54 Å². The summed E-state index contributed by atoms with van der Waals surface area (Å²) in [6.07, 6.45) is 3.78. The van der Waals surface area contributed by atoms with E-state index in [1.54, 1.807) is 22.5 Å². The summed E-state index contributed by atoms with van der Waals surface area (Å²) in [7, 11) is 0. The van der Waals surface area contributed by atoms with Gasteiger partial charge in [-0.2, -0.15) is 0 Å². The van der Waals surface area contributed by atoms with E-state index in [-0.39, 0.29) is 0 Å². The van der Waals surface area contributed by atoms with Crippen LogP contribution in [-0.4, -0.2) is 52.2 Å². The van der Waals surface area contributed by atoms with Crippen molar-refractivity contribution in [3.63, 3.8) is 0 Å². The normalized spacial score (nSPS) is 22.9. The lowest BCUT2D eigenvalue weighted by atomic mass is 9.87. The SMILES string of the molecule is Cc1nnc(CN2CCN(C3CCc4ccccc4C3)CC2)s1. The minimum absolute atomic E-state index is 0.732. The van der Waals surface area contributed by atoms with Crippen LogP contribution in [0.4, 0.5) is 0 Å². The minimum Gasteiger partial charge on any atom is -0.298 e. The maximum absolute atomic E-state index is 4.26. The number of fused-ring (bicyclic) bond motifs is 1. The molecule has 1 atom stereocenters. The first kappa shape index (κ1) is 15.2. The van der Waals surface area contributed by atoms with Gasteiger partial charge < -0.3 is 0 Å². The van der Waals surface area contributed by atoms with Crippen molar-refractivity contribution in [2.24, 2.45) is 0 Å². The van der Waals surface area contributed by atoms with Crippen molar-refractivity contribution < 1.29 is 0 Å². The number of benzene rings is 1. The number of aromatic nitrogens is 2. The van der Waals surface area contributed by atoms with Crippen LogP contribution in [0.25, 0.3) is 0 Å². The van der Waals surface area contributed by atoms with Crippen molar-refractivity contribution in [2.45, 2.75) is 38.8 Å². The van der Waals surface area contributed by atoms with E-state index in [1.807, 2.05) is 6.92 Å². The highest BCUT2D eigenvalue weighted by Gasteiger charge is 2.27. The molecule has 0 N–H and O–H groups in total. The second-order valence-corrected chi connectivity index (χ2v) is 7.96. The highest BCUT2D eigenvalue weighted by atomic mass is 32.1. The van der Waals surface area contributed by atoms with Gasteiger partial charge in [0.15, 0.2) is 0 Å². The smallest absolute Gasteiger partial charge is 0.131 e.